The van der Waals surface area contributed by atoms with E-state index >= 15 is 0 Å². The predicted octanol–water partition coefficient (Wildman–Crippen LogP) is 2.88. The molecule has 1 saturated heterocycles. The summed E-state index contributed by atoms with van der Waals surface area (Å²) in [5, 5.41) is 5.42. The monoisotopic (exact) mass is 453 g/mol. The van der Waals surface area contributed by atoms with Gasteiger partial charge in [0.1, 0.15) is 5.82 Å². The average Bonchev–Trinajstić information content (AvgIpc) is 2.75. The van der Waals surface area contributed by atoms with Gasteiger partial charge in [-0.2, -0.15) is 4.31 Å². The SMILES string of the molecule is CNC(=O)c1cc(NC(=O)C2CCCN(S(=O)(=O)c3ccc(Cl)cc3)C2)ccc1F. The minimum absolute atomic E-state index is 0.0281. The summed E-state index contributed by atoms with van der Waals surface area (Å²) in [6.07, 6.45) is 1.04. The molecule has 7 nitrogen and oxygen atoms in total. The molecule has 1 atom stereocenters. The van der Waals surface area contributed by atoms with Crippen molar-refractivity contribution < 1.29 is 22.4 Å². The van der Waals surface area contributed by atoms with Gasteiger partial charge >= 0.3 is 0 Å². The Hall–Kier alpha value is -2.49. The maximum atomic E-state index is 13.8. The number of hydrogen-bond acceptors (Lipinski definition) is 4. The quantitative estimate of drug-likeness (QED) is 0.727. The van der Waals surface area contributed by atoms with Crippen LogP contribution in [0, 0.1) is 11.7 Å². The molecule has 1 fully saturated rings. The van der Waals surface area contributed by atoms with Gasteiger partial charge in [0.05, 0.1) is 16.4 Å². The van der Waals surface area contributed by atoms with Crippen molar-refractivity contribution in [3.8, 4) is 0 Å². The molecule has 30 heavy (non-hydrogen) atoms. The lowest BCUT2D eigenvalue weighted by Gasteiger charge is -2.31. The number of anilines is 1. The predicted molar refractivity (Wildman–Crippen MR) is 111 cm³/mol. The average molecular weight is 454 g/mol. The van der Waals surface area contributed by atoms with Gasteiger partial charge in [-0.25, -0.2) is 12.8 Å². The van der Waals surface area contributed by atoms with Gasteiger partial charge in [0.2, 0.25) is 15.9 Å². The molecule has 2 aromatic rings. The van der Waals surface area contributed by atoms with Crippen LogP contribution in [0.2, 0.25) is 5.02 Å². The molecule has 0 saturated carbocycles. The van der Waals surface area contributed by atoms with Gasteiger partial charge in [-0.05, 0) is 55.3 Å². The number of hydrogen-bond donors (Lipinski definition) is 2. The number of carbonyl (C=O) groups is 2. The van der Waals surface area contributed by atoms with E-state index in [-0.39, 0.29) is 28.6 Å². The molecule has 2 N–H and O–H groups in total. The van der Waals surface area contributed by atoms with Crippen LogP contribution in [0.15, 0.2) is 47.4 Å². The number of halogens is 2. The van der Waals surface area contributed by atoms with Crippen molar-refractivity contribution in [1.82, 2.24) is 9.62 Å². The van der Waals surface area contributed by atoms with E-state index < -0.39 is 27.7 Å². The number of carbonyl (C=O) groups excluding carboxylic acids is 2. The topological polar surface area (TPSA) is 95.6 Å². The van der Waals surface area contributed by atoms with Crippen LogP contribution in [0.5, 0.6) is 0 Å². The molecule has 1 heterocycles. The van der Waals surface area contributed by atoms with Gasteiger partial charge in [-0.3, -0.25) is 9.59 Å². The Bertz CT molecular complexity index is 1060. The van der Waals surface area contributed by atoms with Gasteiger partial charge in [-0.1, -0.05) is 11.6 Å². The van der Waals surface area contributed by atoms with Crippen LogP contribution in [0.1, 0.15) is 23.2 Å². The van der Waals surface area contributed by atoms with Crippen LogP contribution in [0.3, 0.4) is 0 Å². The summed E-state index contributed by atoms with van der Waals surface area (Å²) < 4.78 is 40.9. The zero-order chi connectivity index (χ0) is 21.9. The highest BCUT2D eigenvalue weighted by Crippen LogP contribution is 2.26. The largest absolute Gasteiger partial charge is 0.355 e. The van der Waals surface area contributed by atoms with Crippen LogP contribution in [0.25, 0.3) is 0 Å². The zero-order valence-electron chi connectivity index (χ0n) is 16.2. The Balaban J connectivity index is 1.73. The maximum Gasteiger partial charge on any atom is 0.254 e. The number of rotatable bonds is 5. The number of piperidine rings is 1. The van der Waals surface area contributed by atoms with Crippen LogP contribution in [-0.4, -0.2) is 44.7 Å². The molecule has 0 aliphatic carbocycles. The number of sulfonamides is 1. The van der Waals surface area contributed by atoms with E-state index in [1.54, 1.807) is 0 Å². The third-order valence-electron chi connectivity index (χ3n) is 4.91. The molecule has 160 valence electrons. The van der Waals surface area contributed by atoms with Crippen LogP contribution in [0.4, 0.5) is 10.1 Å². The van der Waals surface area contributed by atoms with E-state index in [4.69, 9.17) is 11.6 Å². The van der Waals surface area contributed by atoms with Crippen molar-refractivity contribution in [3.63, 3.8) is 0 Å². The van der Waals surface area contributed by atoms with Crippen LogP contribution < -0.4 is 10.6 Å². The van der Waals surface area contributed by atoms with Crippen molar-refractivity contribution in [1.29, 1.82) is 0 Å². The Morgan fingerprint density at radius 3 is 2.53 bits per heavy atom. The Morgan fingerprint density at radius 2 is 1.87 bits per heavy atom. The minimum atomic E-state index is -3.75. The number of amides is 2. The second kappa shape index (κ2) is 9.11. The summed E-state index contributed by atoms with van der Waals surface area (Å²) in [7, 11) is -2.37. The van der Waals surface area contributed by atoms with Crippen molar-refractivity contribution in [3.05, 3.63) is 58.9 Å². The lowest BCUT2D eigenvalue weighted by atomic mass is 9.98. The number of nitrogens with one attached hydrogen (secondary N) is 2. The molecule has 0 radical (unpaired) electrons. The van der Waals surface area contributed by atoms with Crippen molar-refractivity contribution >= 4 is 39.1 Å². The molecule has 10 heteroatoms. The first-order valence-corrected chi connectivity index (χ1v) is 11.1. The molecule has 3 rings (SSSR count). The zero-order valence-corrected chi connectivity index (χ0v) is 17.8. The normalized spacial score (nSPS) is 17.4. The molecule has 0 aromatic heterocycles. The van der Waals surface area contributed by atoms with Crippen molar-refractivity contribution in [2.75, 3.05) is 25.5 Å². The van der Waals surface area contributed by atoms with E-state index in [0.717, 1.165) is 6.07 Å². The highest BCUT2D eigenvalue weighted by molar-refractivity contribution is 7.89. The highest BCUT2D eigenvalue weighted by Gasteiger charge is 2.33. The minimum Gasteiger partial charge on any atom is -0.355 e. The molecular weight excluding hydrogens is 433 g/mol. The Kier molecular flexibility index (Phi) is 6.74. The molecule has 0 spiro atoms. The summed E-state index contributed by atoms with van der Waals surface area (Å²) >= 11 is 5.83. The highest BCUT2D eigenvalue weighted by atomic mass is 35.5. The molecule has 1 unspecified atom stereocenters. The standard InChI is InChI=1S/C20H21ClFN3O4S/c1-23-20(27)17-11-15(6-9-18(17)22)24-19(26)13-3-2-10-25(12-13)30(28,29)16-7-4-14(21)5-8-16/h4-9,11,13H,2-3,10,12H2,1H3,(H,23,27)(H,24,26). The van der Waals surface area contributed by atoms with Crippen LogP contribution >= 0.6 is 11.6 Å². The fourth-order valence-electron chi connectivity index (χ4n) is 3.29. The maximum absolute atomic E-state index is 13.8. The Labute approximate surface area is 179 Å². The summed E-state index contributed by atoms with van der Waals surface area (Å²) in [5.41, 5.74) is 0.0727. The van der Waals surface area contributed by atoms with Gasteiger partial charge in [-0.15, -0.1) is 0 Å². The number of nitrogens with zero attached hydrogens (tertiary/aromatic N) is 1. The molecular formula is C20H21ClFN3O4S. The first-order chi connectivity index (χ1) is 14.2. The molecule has 1 aliphatic heterocycles. The van der Waals surface area contributed by atoms with E-state index in [0.29, 0.717) is 24.4 Å². The smallest absolute Gasteiger partial charge is 0.254 e. The summed E-state index contributed by atoms with van der Waals surface area (Å²) in [4.78, 5) is 24.6. The van der Waals surface area contributed by atoms with E-state index in [1.165, 1.54) is 47.8 Å². The first kappa shape index (κ1) is 22.2. The third kappa shape index (κ3) is 4.80. The van der Waals surface area contributed by atoms with Gasteiger partial charge < -0.3 is 10.6 Å². The summed E-state index contributed by atoms with van der Waals surface area (Å²) in [5.74, 6) is -2.28. The Morgan fingerprint density at radius 1 is 1.17 bits per heavy atom. The fraction of sp³-hybridized carbons (Fsp3) is 0.300. The molecule has 2 amide bonds. The molecule has 0 bridgehead atoms. The lowest BCUT2D eigenvalue weighted by molar-refractivity contribution is -0.120. The lowest BCUT2D eigenvalue weighted by Crippen LogP contribution is -2.43. The molecule has 1 aliphatic rings. The second-order valence-corrected chi connectivity index (χ2v) is 9.29. The first-order valence-electron chi connectivity index (χ1n) is 9.30. The summed E-state index contributed by atoms with van der Waals surface area (Å²) in [6.45, 7) is 0.340. The van der Waals surface area contributed by atoms with Crippen molar-refractivity contribution in [2.24, 2.45) is 5.92 Å². The van der Waals surface area contributed by atoms with Crippen molar-refractivity contribution in [2.45, 2.75) is 17.7 Å². The van der Waals surface area contributed by atoms with Gasteiger partial charge in [0.25, 0.3) is 5.91 Å². The van der Waals surface area contributed by atoms with Crippen LogP contribution in [-0.2, 0) is 14.8 Å². The summed E-state index contributed by atoms with van der Waals surface area (Å²) in [6, 6.07) is 9.56. The van der Waals surface area contributed by atoms with Gasteiger partial charge in [0.15, 0.2) is 0 Å². The second-order valence-electron chi connectivity index (χ2n) is 6.92. The third-order valence-corrected chi connectivity index (χ3v) is 7.04. The van der Waals surface area contributed by atoms with Gasteiger partial charge in [0, 0.05) is 30.8 Å². The number of benzene rings is 2. The van der Waals surface area contributed by atoms with E-state index in [1.807, 2.05) is 0 Å². The van der Waals surface area contributed by atoms with E-state index in [2.05, 4.69) is 10.6 Å². The van der Waals surface area contributed by atoms with E-state index in [9.17, 15) is 22.4 Å². The molecule has 2 aromatic carbocycles. The fourth-order valence-corrected chi connectivity index (χ4v) is 4.94.